The van der Waals surface area contributed by atoms with Crippen molar-refractivity contribution in [3.05, 3.63) is 30.0 Å². The molecule has 0 aliphatic heterocycles. The van der Waals surface area contributed by atoms with Gasteiger partial charge in [-0.3, -0.25) is 0 Å². The van der Waals surface area contributed by atoms with E-state index in [0.29, 0.717) is 5.76 Å². The summed E-state index contributed by atoms with van der Waals surface area (Å²) < 4.78 is 15.3. The Balaban J connectivity index is 2.98. The fraction of sp³-hybridized carbons (Fsp3) is 0.467. The topological polar surface area (TPSA) is 69.0 Å². The molecule has 0 unspecified atom stereocenters. The van der Waals surface area contributed by atoms with E-state index in [-0.39, 0.29) is 18.0 Å². The van der Waals surface area contributed by atoms with Crippen molar-refractivity contribution in [2.24, 2.45) is 0 Å². The molecule has 116 valence electrons. The van der Waals surface area contributed by atoms with Gasteiger partial charge in [0, 0.05) is 6.07 Å². The number of aryl methyl sites for hydroxylation is 1. The van der Waals surface area contributed by atoms with Gasteiger partial charge in [0.2, 0.25) is 5.88 Å². The van der Waals surface area contributed by atoms with Gasteiger partial charge in [-0.05, 0) is 33.8 Å². The van der Waals surface area contributed by atoms with E-state index < -0.39 is 17.7 Å². The van der Waals surface area contributed by atoms with Crippen molar-refractivity contribution in [3.8, 4) is 0 Å². The Morgan fingerprint density at radius 3 is 2.38 bits per heavy atom. The lowest BCUT2D eigenvalue weighted by atomic mass is 10.2. The van der Waals surface area contributed by atoms with Crippen molar-refractivity contribution < 1.29 is 23.5 Å². The average Bonchev–Trinajstić information content (AvgIpc) is 2.78. The van der Waals surface area contributed by atoms with Crippen LogP contribution >= 0.6 is 0 Å². The molecule has 1 amide bonds. The lowest BCUT2D eigenvalue weighted by molar-refractivity contribution is -0.136. The molecule has 0 bridgehead atoms. The van der Waals surface area contributed by atoms with Gasteiger partial charge in [0.1, 0.15) is 11.4 Å². The van der Waals surface area contributed by atoms with Crippen LogP contribution in [0.3, 0.4) is 0 Å². The highest BCUT2D eigenvalue weighted by Crippen LogP contribution is 2.22. The van der Waals surface area contributed by atoms with Crippen LogP contribution in [0.25, 0.3) is 0 Å². The maximum absolute atomic E-state index is 12.3. The summed E-state index contributed by atoms with van der Waals surface area (Å²) in [7, 11) is 1.25. The Labute approximate surface area is 124 Å². The monoisotopic (exact) mass is 295 g/mol. The number of ether oxygens (including phenoxy) is 2. The normalized spacial score (nSPS) is 10.9. The number of furan rings is 1. The first-order chi connectivity index (χ1) is 9.64. The van der Waals surface area contributed by atoms with Crippen LogP contribution in [0.1, 0.15) is 26.5 Å². The van der Waals surface area contributed by atoms with E-state index >= 15 is 0 Å². The smallest absolute Gasteiger partial charge is 0.417 e. The van der Waals surface area contributed by atoms with Gasteiger partial charge in [-0.2, -0.15) is 0 Å². The van der Waals surface area contributed by atoms with E-state index in [2.05, 4.69) is 11.3 Å². The third kappa shape index (κ3) is 4.98. The van der Waals surface area contributed by atoms with E-state index in [1.165, 1.54) is 12.0 Å². The number of hydrogen-bond donors (Lipinski definition) is 0. The molecule has 0 N–H and O–H groups in total. The number of hydrogen-bond acceptors (Lipinski definition) is 5. The molecule has 6 heteroatoms. The van der Waals surface area contributed by atoms with Crippen LogP contribution in [-0.2, 0) is 14.3 Å². The minimum atomic E-state index is -0.663. The van der Waals surface area contributed by atoms with Crippen LogP contribution in [0.2, 0.25) is 0 Å². The third-order valence-electron chi connectivity index (χ3n) is 2.43. The molecule has 1 rings (SSSR count). The summed E-state index contributed by atoms with van der Waals surface area (Å²) in [4.78, 5) is 24.9. The van der Waals surface area contributed by atoms with Crippen molar-refractivity contribution in [2.45, 2.75) is 33.3 Å². The van der Waals surface area contributed by atoms with Crippen LogP contribution < -0.4 is 4.90 Å². The molecule has 0 fully saturated rings. The maximum Gasteiger partial charge on any atom is 0.417 e. The van der Waals surface area contributed by atoms with Gasteiger partial charge in [-0.25, -0.2) is 14.5 Å². The molecule has 0 aliphatic rings. The lowest BCUT2D eigenvalue weighted by Gasteiger charge is -2.26. The first-order valence-electron chi connectivity index (χ1n) is 6.47. The fourth-order valence-corrected chi connectivity index (χ4v) is 1.52. The molecule has 0 atom stereocenters. The number of esters is 1. The minimum Gasteiger partial charge on any atom is -0.466 e. The molecular weight excluding hydrogens is 274 g/mol. The van der Waals surface area contributed by atoms with Crippen LogP contribution in [0.15, 0.2) is 28.7 Å². The molecular formula is C15H21NO5. The van der Waals surface area contributed by atoms with Crippen molar-refractivity contribution >= 4 is 17.9 Å². The zero-order valence-electron chi connectivity index (χ0n) is 13.1. The minimum absolute atomic E-state index is 0.0749. The summed E-state index contributed by atoms with van der Waals surface area (Å²) in [5.41, 5.74) is -0.541. The summed E-state index contributed by atoms with van der Waals surface area (Å²) in [5, 5.41) is 0. The van der Waals surface area contributed by atoms with Crippen molar-refractivity contribution in [1.29, 1.82) is 0 Å². The van der Waals surface area contributed by atoms with E-state index in [1.807, 2.05) is 0 Å². The van der Waals surface area contributed by atoms with Crippen molar-refractivity contribution in [2.75, 3.05) is 18.6 Å². The zero-order valence-corrected chi connectivity index (χ0v) is 13.1. The average molecular weight is 295 g/mol. The number of carbonyl (C=O) groups excluding carboxylic acids is 2. The van der Waals surface area contributed by atoms with Crippen LogP contribution in [0, 0.1) is 6.92 Å². The largest absolute Gasteiger partial charge is 0.466 e. The number of carbonyl (C=O) groups is 2. The van der Waals surface area contributed by atoms with E-state index in [0.717, 1.165) is 0 Å². The molecule has 1 aromatic heterocycles. The van der Waals surface area contributed by atoms with Gasteiger partial charge in [-0.15, -0.1) is 0 Å². The molecule has 0 aromatic carbocycles. The Kier molecular flexibility index (Phi) is 5.18. The SMILES string of the molecule is C=C(CN(C(=O)OC(C)(C)C)c1ccc(C)o1)C(=O)OC. The Bertz CT molecular complexity index is 539. The van der Waals surface area contributed by atoms with Gasteiger partial charge in [-0.1, -0.05) is 6.58 Å². The quantitative estimate of drug-likeness (QED) is 0.630. The highest BCUT2D eigenvalue weighted by molar-refractivity contribution is 5.93. The number of amides is 1. The summed E-state index contributed by atoms with van der Waals surface area (Å²) in [5.74, 6) is 0.334. The third-order valence-corrected chi connectivity index (χ3v) is 2.43. The van der Waals surface area contributed by atoms with Crippen molar-refractivity contribution in [3.63, 3.8) is 0 Å². The van der Waals surface area contributed by atoms with Gasteiger partial charge < -0.3 is 13.9 Å². The second-order valence-corrected chi connectivity index (χ2v) is 5.55. The standard InChI is InChI=1S/C15H21NO5/c1-10(13(17)19-6)9-16(12-8-7-11(2)20-12)14(18)21-15(3,4)5/h7-8H,1,9H2,2-6H3. The Morgan fingerprint density at radius 2 is 1.95 bits per heavy atom. The second-order valence-electron chi connectivity index (χ2n) is 5.55. The highest BCUT2D eigenvalue weighted by atomic mass is 16.6. The number of methoxy groups -OCH3 is 1. The highest BCUT2D eigenvalue weighted by Gasteiger charge is 2.27. The predicted molar refractivity (Wildman–Crippen MR) is 78.2 cm³/mol. The summed E-state index contributed by atoms with van der Waals surface area (Å²) in [6.07, 6.45) is -0.623. The van der Waals surface area contributed by atoms with Gasteiger partial charge in [0.05, 0.1) is 19.2 Å². The molecule has 0 radical (unpaired) electrons. The first kappa shape index (κ1) is 16.8. The second kappa shape index (κ2) is 6.47. The molecule has 0 spiro atoms. The molecule has 1 heterocycles. The summed E-state index contributed by atoms with van der Waals surface area (Å²) >= 11 is 0. The van der Waals surface area contributed by atoms with Crippen LogP contribution in [0.5, 0.6) is 0 Å². The van der Waals surface area contributed by atoms with Crippen LogP contribution in [0.4, 0.5) is 10.7 Å². The fourth-order valence-electron chi connectivity index (χ4n) is 1.52. The lowest BCUT2D eigenvalue weighted by Crippen LogP contribution is -2.38. The molecule has 0 saturated heterocycles. The van der Waals surface area contributed by atoms with Gasteiger partial charge in [0.15, 0.2) is 0 Å². The molecule has 0 aliphatic carbocycles. The number of rotatable bonds is 4. The van der Waals surface area contributed by atoms with Gasteiger partial charge >= 0.3 is 12.1 Å². The van der Waals surface area contributed by atoms with E-state index in [1.54, 1.807) is 39.8 Å². The molecule has 0 saturated carbocycles. The maximum atomic E-state index is 12.3. The first-order valence-corrected chi connectivity index (χ1v) is 6.47. The van der Waals surface area contributed by atoms with E-state index in [4.69, 9.17) is 9.15 Å². The molecule has 1 aromatic rings. The zero-order chi connectivity index (χ0) is 16.2. The number of nitrogens with zero attached hydrogens (tertiary/aromatic N) is 1. The predicted octanol–water partition coefficient (Wildman–Crippen LogP) is 3.06. The van der Waals surface area contributed by atoms with E-state index in [9.17, 15) is 9.59 Å². The van der Waals surface area contributed by atoms with Crippen molar-refractivity contribution in [1.82, 2.24) is 0 Å². The Morgan fingerprint density at radius 1 is 1.33 bits per heavy atom. The molecule has 21 heavy (non-hydrogen) atoms. The Hall–Kier alpha value is -2.24. The van der Waals surface area contributed by atoms with Gasteiger partial charge in [0.25, 0.3) is 0 Å². The number of anilines is 1. The van der Waals surface area contributed by atoms with Crippen LogP contribution in [-0.4, -0.2) is 31.3 Å². The summed E-state index contributed by atoms with van der Waals surface area (Å²) in [6, 6.07) is 3.34. The molecule has 6 nitrogen and oxygen atoms in total. The summed E-state index contributed by atoms with van der Waals surface area (Å²) in [6.45, 7) is 10.6.